The van der Waals surface area contributed by atoms with Crippen LogP contribution in [0, 0.1) is 6.92 Å². The lowest BCUT2D eigenvalue weighted by Gasteiger charge is -2.23. The van der Waals surface area contributed by atoms with Crippen LogP contribution in [0.2, 0.25) is 5.02 Å². The minimum atomic E-state index is -0.168. The summed E-state index contributed by atoms with van der Waals surface area (Å²) in [7, 11) is 3.49. The van der Waals surface area contributed by atoms with Gasteiger partial charge < -0.3 is 19.5 Å². The molecule has 1 N–H and O–H groups in total. The molecule has 50 heavy (non-hydrogen) atoms. The second-order valence-corrected chi connectivity index (χ2v) is 13.1. The van der Waals surface area contributed by atoms with E-state index in [1.165, 1.54) is 0 Å². The number of fused-ring (bicyclic) bond motifs is 1. The Hall–Kier alpha value is -5.56. The largest absolute Gasteiger partial charge is 0.467 e. The molecule has 0 saturated carbocycles. The fourth-order valence-corrected chi connectivity index (χ4v) is 7.24. The normalized spacial score (nSPS) is 15.4. The van der Waals surface area contributed by atoms with Gasteiger partial charge in [0.25, 0.3) is 5.91 Å². The minimum Gasteiger partial charge on any atom is -0.467 e. The van der Waals surface area contributed by atoms with E-state index in [1.807, 2.05) is 71.0 Å². The zero-order valence-electron chi connectivity index (χ0n) is 28.0. The first-order valence-corrected chi connectivity index (χ1v) is 17.1. The number of likely N-dealkylation sites (tertiary alicyclic amines) is 1. The average Bonchev–Trinajstić information content (AvgIpc) is 3.98. The SMILES string of the molecule is COc1nccc(N(C)c2ccc(C)c(-c3cn(Cc4nn5c(c4C(=O)N4CCCC4c4ncc(-c6ccccc6Cl)[nH]4)CCC5)nn3)c2)n1. The lowest BCUT2D eigenvalue weighted by molar-refractivity contribution is 0.0728. The van der Waals surface area contributed by atoms with E-state index in [0.717, 1.165) is 77.5 Å². The molecule has 0 aliphatic carbocycles. The number of halogens is 1. The lowest BCUT2D eigenvalue weighted by Crippen LogP contribution is -2.32. The lowest BCUT2D eigenvalue weighted by atomic mass is 10.0. The van der Waals surface area contributed by atoms with Crippen molar-refractivity contribution in [3.8, 4) is 28.5 Å². The van der Waals surface area contributed by atoms with Gasteiger partial charge in [-0.3, -0.25) is 9.48 Å². The van der Waals surface area contributed by atoms with Crippen LogP contribution in [-0.2, 0) is 19.5 Å². The molecule has 4 aromatic heterocycles. The molecule has 0 bridgehead atoms. The van der Waals surface area contributed by atoms with Crippen LogP contribution < -0.4 is 9.64 Å². The van der Waals surface area contributed by atoms with Crippen molar-refractivity contribution < 1.29 is 9.53 Å². The second kappa shape index (κ2) is 13.0. The van der Waals surface area contributed by atoms with E-state index in [1.54, 1.807) is 24.2 Å². The highest BCUT2D eigenvalue weighted by molar-refractivity contribution is 6.33. The number of imidazole rings is 1. The Morgan fingerprint density at radius 3 is 2.84 bits per heavy atom. The highest BCUT2D eigenvalue weighted by Crippen LogP contribution is 2.36. The fourth-order valence-electron chi connectivity index (χ4n) is 7.00. The van der Waals surface area contributed by atoms with E-state index in [0.29, 0.717) is 41.2 Å². The Bertz CT molecular complexity index is 2210. The zero-order valence-corrected chi connectivity index (χ0v) is 28.8. The summed E-state index contributed by atoms with van der Waals surface area (Å²) >= 11 is 6.47. The zero-order chi connectivity index (χ0) is 34.4. The van der Waals surface area contributed by atoms with Gasteiger partial charge in [0.05, 0.1) is 54.7 Å². The Balaban J connectivity index is 1.05. The van der Waals surface area contributed by atoms with Crippen molar-refractivity contribution in [1.82, 2.24) is 49.6 Å². The van der Waals surface area contributed by atoms with Gasteiger partial charge in [0.1, 0.15) is 17.3 Å². The molecule has 1 saturated heterocycles. The van der Waals surface area contributed by atoms with Gasteiger partial charge in [-0.05, 0) is 62.4 Å². The summed E-state index contributed by atoms with van der Waals surface area (Å²) in [4.78, 5) is 35.1. The Morgan fingerprint density at radius 1 is 1.10 bits per heavy atom. The van der Waals surface area contributed by atoms with Crippen LogP contribution in [0.3, 0.4) is 0 Å². The first-order valence-electron chi connectivity index (χ1n) is 16.7. The van der Waals surface area contributed by atoms with Crippen LogP contribution in [-0.4, -0.2) is 76.2 Å². The van der Waals surface area contributed by atoms with Crippen molar-refractivity contribution in [2.45, 2.75) is 51.7 Å². The number of hydrogen-bond donors (Lipinski definition) is 1. The molecule has 6 heterocycles. The number of anilines is 2. The second-order valence-electron chi connectivity index (χ2n) is 12.7. The number of aromatic amines is 1. The van der Waals surface area contributed by atoms with E-state index in [2.05, 4.69) is 37.4 Å². The van der Waals surface area contributed by atoms with Crippen LogP contribution in [0.5, 0.6) is 6.01 Å². The summed E-state index contributed by atoms with van der Waals surface area (Å²) < 4.78 is 8.96. The summed E-state index contributed by atoms with van der Waals surface area (Å²) in [6.45, 7) is 3.81. The highest BCUT2D eigenvalue weighted by Gasteiger charge is 2.37. The molecule has 2 aliphatic rings. The van der Waals surface area contributed by atoms with E-state index < -0.39 is 0 Å². The number of hydrogen-bond acceptors (Lipinski definition) is 9. The molecule has 8 rings (SSSR count). The van der Waals surface area contributed by atoms with Crippen molar-refractivity contribution >= 4 is 29.0 Å². The van der Waals surface area contributed by atoms with Gasteiger partial charge in [-0.1, -0.05) is 41.1 Å². The quantitative estimate of drug-likeness (QED) is 0.193. The molecule has 1 amide bonds. The van der Waals surface area contributed by atoms with E-state index >= 15 is 0 Å². The predicted molar refractivity (Wildman–Crippen MR) is 189 cm³/mol. The number of carbonyl (C=O) groups is 1. The first-order chi connectivity index (χ1) is 24.4. The van der Waals surface area contributed by atoms with Gasteiger partial charge in [-0.2, -0.15) is 10.1 Å². The number of benzene rings is 2. The standard InChI is InChI=1S/C36H36ClN11O2/c1-22-12-13-23(45(2)32-14-15-38-36(41-32)50-3)18-25(22)28-20-46(44-42-28)21-29-33(30-10-7-17-48(30)43-29)35(49)47-16-6-11-31(47)34-39-19-27(40-34)24-8-4-5-9-26(24)37/h4-5,8-9,12-15,18-20,31H,6-7,10-11,16-17,21H2,1-3H3,(H,39,40). The fraction of sp³-hybridized carbons (Fsp3) is 0.306. The number of aryl methyl sites for hydroxylation is 2. The number of carbonyl (C=O) groups excluding carboxylic acids is 1. The summed E-state index contributed by atoms with van der Waals surface area (Å²) in [6.07, 6.45) is 8.87. The average molecular weight is 690 g/mol. The maximum absolute atomic E-state index is 14.5. The van der Waals surface area contributed by atoms with Gasteiger partial charge in [-0.15, -0.1) is 5.10 Å². The van der Waals surface area contributed by atoms with Crippen molar-refractivity contribution in [3.63, 3.8) is 0 Å². The van der Waals surface area contributed by atoms with Crippen molar-refractivity contribution in [3.05, 3.63) is 100 Å². The van der Waals surface area contributed by atoms with Crippen LogP contribution in [0.4, 0.5) is 11.5 Å². The predicted octanol–water partition coefficient (Wildman–Crippen LogP) is 6.03. The monoisotopic (exact) mass is 689 g/mol. The summed E-state index contributed by atoms with van der Waals surface area (Å²) in [5.41, 5.74) is 7.73. The van der Waals surface area contributed by atoms with Crippen LogP contribution in [0.25, 0.3) is 22.5 Å². The highest BCUT2D eigenvalue weighted by atomic mass is 35.5. The smallest absolute Gasteiger partial charge is 0.318 e. The number of H-pyrrole nitrogens is 1. The molecule has 1 unspecified atom stereocenters. The van der Waals surface area contributed by atoms with Gasteiger partial charge in [-0.25, -0.2) is 14.6 Å². The number of ether oxygens (including phenoxy) is 1. The summed E-state index contributed by atoms with van der Waals surface area (Å²) in [6, 6.07) is 15.8. The Kier molecular flexibility index (Phi) is 8.27. The molecule has 6 aromatic rings. The van der Waals surface area contributed by atoms with Crippen LogP contribution >= 0.6 is 11.6 Å². The Morgan fingerprint density at radius 2 is 1.98 bits per heavy atom. The molecule has 2 aliphatic heterocycles. The summed E-state index contributed by atoms with van der Waals surface area (Å²) in [5, 5.41) is 14.6. The van der Waals surface area contributed by atoms with Crippen LogP contribution in [0.15, 0.2) is 67.1 Å². The topological polar surface area (TPSA) is 136 Å². The third-order valence-electron chi connectivity index (χ3n) is 9.60. The third-order valence-corrected chi connectivity index (χ3v) is 9.93. The van der Waals surface area contributed by atoms with Crippen molar-refractivity contribution in [2.75, 3.05) is 25.6 Å². The number of rotatable bonds is 9. The maximum Gasteiger partial charge on any atom is 0.318 e. The van der Waals surface area contributed by atoms with E-state index in [-0.39, 0.29) is 11.9 Å². The Labute approximate surface area is 293 Å². The van der Waals surface area contributed by atoms with Gasteiger partial charge in [0.15, 0.2) is 0 Å². The molecule has 0 radical (unpaired) electrons. The molecule has 254 valence electrons. The van der Waals surface area contributed by atoms with Crippen molar-refractivity contribution in [2.24, 2.45) is 0 Å². The minimum absolute atomic E-state index is 0.0189. The van der Waals surface area contributed by atoms with Crippen LogP contribution in [0.1, 0.15) is 58.4 Å². The van der Waals surface area contributed by atoms with Crippen molar-refractivity contribution in [1.29, 1.82) is 0 Å². The molecule has 2 aromatic carbocycles. The van der Waals surface area contributed by atoms with E-state index in [4.69, 9.17) is 26.4 Å². The molecule has 1 fully saturated rings. The molecule has 13 nitrogen and oxygen atoms in total. The van der Waals surface area contributed by atoms with Gasteiger partial charge in [0, 0.05) is 48.2 Å². The molecule has 0 spiro atoms. The number of nitrogens with zero attached hydrogens (tertiary/aromatic N) is 10. The molecular weight excluding hydrogens is 654 g/mol. The third kappa shape index (κ3) is 5.76. The van der Waals surface area contributed by atoms with Gasteiger partial charge in [0.2, 0.25) is 0 Å². The first kappa shape index (κ1) is 31.7. The maximum atomic E-state index is 14.5. The molecule has 14 heteroatoms. The molecule has 1 atom stereocenters. The number of amides is 1. The molecular formula is C36H36ClN11O2. The number of methoxy groups -OCH3 is 1. The van der Waals surface area contributed by atoms with E-state index in [9.17, 15) is 4.79 Å². The number of aromatic nitrogens is 9. The summed E-state index contributed by atoms with van der Waals surface area (Å²) in [5.74, 6) is 1.45. The number of nitrogens with one attached hydrogen (secondary N) is 1. The van der Waals surface area contributed by atoms with Gasteiger partial charge >= 0.3 is 6.01 Å².